The van der Waals surface area contributed by atoms with Crippen LogP contribution in [0.3, 0.4) is 0 Å². The van der Waals surface area contributed by atoms with Crippen LogP contribution in [0.2, 0.25) is 0 Å². The Labute approximate surface area is 192 Å². The molecule has 1 amide bonds. The van der Waals surface area contributed by atoms with Gasteiger partial charge in [-0.1, -0.05) is 69.3 Å². The Morgan fingerprint density at radius 3 is 2.25 bits per heavy atom. The number of ether oxygens (including phenoxy) is 1. The van der Waals surface area contributed by atoms with E-state index >= 15 is 0 Å². The maximum Gasteiger partial charge on any atom is 0.220 e. The molecule has 0 bridgehead atoms. The lowest BCUT2D eigenvalue weighted by Crippen LogP contribution is -2.41. The van der Waals surface area contributed by atoms with Crippen molar-refractivity contribution >= 4 is 15.9 Å². The lowest BCUT2D eigenvalue weighted by Gasteiger charge is -2.26. The smallest absolute Gasteiger partial charge is 0.220 e. The lowest BCUT2D eigenvalue weighted by molar-refractivity contribution is -0.121. The quantitative estimate of drug-likeness (QED) is 0.658. The van der Waals surface area contributed by atoms with E-state index in [1.54, 1.807) is 0 Å². The zero-order chi connectivity index (χ0) is 23.2. The van der Waals surface area contributed by atoms with E-state index in [4.69, 9.17) is 4.74 Å². The van der Waals surface area contributed by atoms with E-state index in [-0.39, 0.29) is 17.1 Å². The second-order valence-corrected chi connectivity index (χ2v) is 11.2. The van der Waals surface area contributed by atoms with Gasteiger partial charge in [-0.2, -0.15) is 4.31 Å². The summed E-state index contributed by atoms with van der Waals surface area (Å²) in [6.45, 7) is 8.48. The molecular formula is C25H34N2O4S. The van der Waals surface area contributed by atoms with E-state index in [9.17, 15) is 13.2 Å². The molecule has 1 N–H and O–H groups in total. The second kappa shape index (κ2) is 10.6. The first-order valence-electron chi connectivity index (χ1n) is 11.1. The molecule has 2 aromatic carbocycles. The Bertz CT molecular complexity index is 1000. The van der Waals surface area contributed by atoms with Crippen molar-refractivity contribution in [1.82, 2.24) is 9.62 Å². The van der Waals surface area contributed by atoms with Crippen LogP contribution in [0.5, 0.6) is 0 Å². The standard InChI is InChI=1S/C25H34N2O4S/c1-25(2,3)23-11-8-20(9-12-23)10-13-24(28)26-18-21-6-4-5-7-22(21)19-32(29,30)27-14-16-31-17-15-27/h4-9,11-12H,10,13-19H2,1-3H3,(H,26,28). The Kier molecular flexibility index (Phi) is 8.09. The molecule has 0 unspecified atom stereocenters. The number of aryl methyl sites for hydroxylation is 1. The predicted molar refractivity (Wildman–Crippen MR) is 127 cm³/mol. The summed E-state index contributed by atoms with van der Waals surface area (Å²) in [4.78, 5) is 12.4. The van der Waals surface area contributed by atoms with Gasteiger partial charge in [0, 0.05) is 26.1 Å². The van der Waals surface area contributed by atoms with Crippen molar-refractivity contribution in [2.24, 2.45) is 0 Å². The normalized spacial score (nSPS) is 15.5. The molecule has 174 valence electrons. The number of hydrogen-bond donors (Lipinski definition) is 1. The predicted octanol–water partition coefficient (Wildman–Crippen LogP) is 3.40. The Balaban J connectivity index is 1.54. The first kappa shape index (κ1) is 24.4. The molecule has 1 aliphatic rings. The van der Waals surface area contributed by atoms with Gasteiger partial charge >= 0.3 is 0 Å². The van der Waals surface area contributed by atoms with Crippen LogP contribution in [0.4, 0.5) is 0 Å². The van der Waals surface area contributed by atoms with Crippen LogP contribution in [0, 0.1) is 0 Å². The molecule has 3 rings (SSSR count). The van der Waals surface area contributed by atoms with Gasteiger partial charge in [0.15, 0.2) is 0 Å². The Morgan fingerprint density at radius 2 is 1.62 bits per heavy atom. The van der Waals surface area contributed by atoms with Crippen molar-refractivity contribution in [3.8, 4) is 0 Å². The molecule has 1 aliphatic heterocycles. The molecule has 1 fully saturated rings. The van der Waals surface area contributed by atoms with Crippen LogP contribution in [0.15, 0.2) is 48.5 Å². The van der Waals surface area contributed by atoms with Gasteiger partial charge in [0.1, 0.15) is 0 Å². The highest BCUT2D eigenvalue weighted by Gasteiger charge is 2.25. The molecule has 0 atom stereocenters. The van der Waals surface area contributed by atoms with E-state index < -0.39 is 10.0 Å². The van der Waals surface area contributed by atoms with Crippen molar-refractivity contribution < 1.29 is 17.9 Å². The van der Waals surface area contributed by atoms with Crippen molar-refractivity contribution in [3.63, 3.8) is 0 Å². The summed E-state index contributed by atoms with van der Waals surface area (Å²) in [7, 11) is -3.42. The number of carbonyl (C=O) groups is 1. The van der Waals surface area contributed by atoms with E-state index in [0.717, 1.165) is 16.7 Å². The van der Waals surface area contributed by atoms with E-state index in [0.29, 0.717) is 45.7 Å². The molecule has 0 spiro atoms. The number of rotatable bonds is 8. The number of carbonyl (C=O) groups excluding carboxylic acids is 1. The molecule has 0 saturated carbocycles. The topological polar surface area (TPSA) is 75.7 Å². The number of morpholine rings is 1. The number of amides is 1. The summed E-state index contributed by atoms with van der Waals surface area (Å²) in [5.41, 5.74) is 4.06. The van der Waals surface area contributed by atoms with Crippen LogP contribution < -0.4 is 5.32 Å². The first-order chi connectivity index (χ1) is 15.1. The van der Waals surface area contributed by atoms with Gasteiger partial charge in [-0.05, 0) is 34.1 Å². The third kappa shape index (κ3) is 6.89. The summed E-state index contributed by atoms with van der Waals surface area (Å²) < 4.78 is 32.3. The van der Waals surface area contributed by atoms with Gasteiger partial charge in [-0.3, -0.25) is 4.79 Å². The molecule has 6 nitrogen and oxygen atoms in total. The first-order valence-corrected chi connectivity index (χ1v) is 12.7. The van der Waals surface area contributed by atoms with Gasteiger partial charge in [0.25, 0.3) is 0 Å². The molecule has 7 heteroatoms. The van der Waals surface area contributed by atoms with Gasteiger partial charge in [0.2, 0.25) is 15.9 Å². The minimum atomic E-state index is -3.42. The second-order valence-electron chi connectivity index (χ2n) is 9.26. The van der Waals surface area contributed by atoms with E-state index in [1.165, 1.54) is 9.87 Å². The highest BCUT2D eigenvalue weighted by atomic mass is 32.2. The van der Waals surface area contributed by atoms with Gasteiger partial charge in [0.05, 0.1) is 19.0 Å². The van der Waals surface area contributed by atoms with Crippen LogP contribution in [0.1, 0.15) is 49.4 Å². The molecule has 0 aromatic heterocycles. The van der Waals surface area contributed by atoms with Crippen molar-refractivity contribution in [3.05, 3.63) is 70.8 Å². The molecule has 32 heavy (non-hydrogen) atoms. The molecule has 0 radical (unpaired) electrons. The van der Waals surface area contributed by atoms with Crippen LogP contribution in [-0.2, 0) is 43.7 Å². The van der Waals surface area contributed by atoms with Crippen LogP contribution in [-0.4, -0.2) is 44.9 Å². The monoisotopic (exact) mass is 458 g/mol. The zero-order valence-corrected chi connectivity index (χ0v) is 20.1. The number of sulfonamides is 1. The minimum absolute atomic E-state index is 0.0456. The zero-order valence-electron chi connectivity index (χ0n) is 19.3. The van der Waals surface area contributed by atoms with Crippen molar-refractivity contribution in [2.75, 3.05) is 26.3 Å². The minimum Gasteiger partial charge on any atom is -0.379 e. The average molecular weight is 459 g/mol. The maximum absolute atomic E-state index is 12.8. The summed E-state index contributed by atoms with van der Waals surface area (Å²) in [5.74, 6) is -0.116. The average Bonchev–Trinajstić information content (AvgIpc) is 2.77. The summed E-state index contributed by atoms with van der Waals surface area (Å²) in [5, 5.41) is 2.94. The van der Waals surface area contributed by atoms with E-state index in [2.05, 4.69) is 50.4 Å². The molecule has 0 aliphatic carbocycles. The van der Waals surface area contributed by atoms with Crippen LogP contribution >= 0.6 is 0 Å². The van der Waals surface area contributed by atoms with Crippen molar-refractivity contribution in [2.45, 2.75) is 51.3 Å². The number of nitrogens with zero attached hydrogens (tertiary/aromatic N) is 1. The third-order valence-electron chi connectivity index (χ3n) is 5.76. The number of benzene rings is 2. The fourth-order valence-electron chi connectivity index (χ4n) is 3.69. The molecule has 1 saturated heterocycles. The van der Waals surface area contributed by atoms with Gasteiger partial charge in [-0.25, -0.2) is 8.42 Å². The summed E-state index contributed by atoms with van der Waals surface area (Å²) in [6.07, 6.45) is 1.06. The van der Waals surface area contributed by atoms with Gasteiger partial charge < -0.3 is 10.1 Å². The third-order valence-corrected chi connectivity index (χ3v) is 7.58. The van der Waals surface area contributed by atoms with Gasteiger partial charge in [-0.15, -0.1) is 0 Å². The fourth-order valence-corrected chi connectivity index (χ4v) is 5.26. The molecule has 1 heterocycles. The summed E-state index contributed by atoms with van der Waals surface area (Å²) in [6, 6.07) is 15.8. The van der Waals surface area contributed by atoms with Crippen molar-refractivity contribution in [1.29, 1.82) is 0 Å². The largest absolute Gasteiger partial charge is 0.379 e. The number of nitrogens with one attached hydrogen (secondary N) is 1. The number of hydrogen-bond acceptors (Lipinski definition) is 4. The van der Waals surface area contributed by atoms with E-state index in [1.807, 2.05) is 24.3 Å². The molecule has 2 aromatic rings. The fraction of sp³-hybridized carbons (Fsp3) is 0.480. The Morgan fingerprint density at radius 1 is 1.00 bits per heavy atom. The molecular weight excluding hydrogens is 424 g/mol. The highest BCUT2D eigenvalue weighted by molar-refractivity contribution is 7.88. The van der Waals surface area contributed by atoms with Crippen LogP contribution in [0.25, 0.3) is 0 Å². The Hall–Kier alpha value is -2.22. The lowest BCUT2D eigenvalue weighted by atomic mass is 9.86. The highest BCUT2D eigenvalue weighted by Crippen LogP contribution is 2.22. The maximum atomic E-state index is 12.8. The SMILES string of the molecule is CC(C)(C)c1ccc(CCC(=O)NCc2ccccc2CS(=O)(=O)N2CCOCC2)cc1. The summed E-state index contributed by atoms with van der Waals surface area (Å²) >= 11 is 0.